The fraction of sp³-hybridized carbons (Fsp3) is 0.429. The molecule has 1 aliphatic heterocycles. The Kier molecular flexibility index (Phi) is 3.22. The van der Waals surface area contributed by atoms with Crippen LogP contribution >= 0.6 is 0 Å². The van der Waals surface area contributed by atoms with Crippen LogP contribution in [0.2, 0.25) is 0 Å². The molecule has 0 unspecified atom stereocenters. The second kappa shape index (κ2) is 4.57. The molecule has 1 aromatic rings. The largest absolute Gasteiger partial charge is 0.480 e. The van der Waals surface area contributed by atoms with E-state index in [1.807, 2.05) is 6.07 Å². The van der Waals surface area contributed by atoms with E-state index in [2.05, 4.69) is 5.32 Å². The second-order valence-electron chi connectivity index (χ2n) is 5.28. The average Bonchev–Trinajstić information content (AvgIpc) is 2.83. The van der Waals surface area contributed by atoms with Gasteiger partial charge in [-0.2, -0.15) is 0 Å². The Balaban J connectivity index is 2.27. The van der Waals surface area contributed by atoms with E-state index in [-0.39, 0.29) is 5.91 Å². The lowest BCUT2D eigenvalue weighted by molar-refractivity contribution is -0.147. The third kappa shape index (κ3) is 2.28. The van der Waals surface area contributed by atoms with Crippen LogP contribution in [0.5, 0.6) is 0 Å². The lowest BCUT2D eigenvalue weighted by atomic mass is 10.0. The molecule has 1 aliphatic rings. The molecule has 102 valence electrons. The zero-order valence-electron chi connectivity index (χ0n) is 11.4. The summed E-state index contributed by atoms with van der Waals surface area (Å²) in [4.78, 5) is 24.8. The fourth-order valence-electron chi connectivity index (χ4n) is 2.01. The van der Waals surface area contributed by atoms with Crippen molar-refractivity contribution >= 4 is 17.6 Å². The van der Waals surface area contributed by atoms with E-state index in [9.17, 15) is 9.59 Å². The molecule has 0 spiro atoms. The highest BCUT2D eigenvalue weighted by Gasteiger charge is 2.35. The molecule has 19 heavy (non-hydrogen) atoms. The number of benzene rings is 1. The first-order valence-electron chi connectivity index (χ1n) is 6.22. The molecule has 0 saturated carbocycles. The highest BCUT2D eigenvalue weighted by molar-refractivity contribution is 5.98. The minimum atomic E-state index is -1.23. The molecule has 1 amide bonds. The van der Waals surface area contributed by atoms with Crippen molar-refractivity contribution in [1.82, 2.24) is 4.90 Å². The van der Waals surface area contributed by atoms with Crippen LogP contribution in [-0.4, -0.2) is 41.0 Å². The van der Waals surface area contributed by atoms with Gasteiger partial charge in [-0.15, -0.1) is 0 Å². The van der Waals surface area contributed by atoms with Crippen LogP contribution in [0.15, 0.2) is 18.2 Å². The summed E-state index contributed by atoms with van der Waals surface area (Å²) in [6, 6.07) is 5.46. The summed E-state index contributed by atoms with van der Waals surface area (Å²) in [5.74, 6) is -1.31. The number of hydrogen-bond donors (Lipinski definition) is 2. The summed E-state index contributed by atoms with van der Waals surface area (Å²) < 4.78 is 0. The predicted octanol–water partition coefficient (Wildman–Crippen LogP) is 1.59. The number of nitrogens with one attached hydrogen (secondary N) is 1. The Bertz CT molecular complexity index is 537. The number of fused-ring (bicyclic) bond motifs is 1. The maximum atomic E-state index is 12.3. The molecule has 0 radical (unpaired) electrons. The zero-order chi connectivity index (χ0) is 14.2. The average molecular weight is 262 g/mol. The van der Waals surface area contributed by atoms with Gasteiger partial charge in [0.1, 0.15) is 5.54 Å². The molecule has 2 N–H and O–H groups in total. The van der Waals surface area contributed by atoms with Crippen molar-refractivity contribution in [2.24, 2.45) is 0 Å². The molecule has 0 saturated heterocycles. The first-order valence-corrected chi connectivity index (χ1v) is 6.22. The van der Waals surface area contributed by atoms with Gasteiger partial charge in [0.2, 0.25) is 0 Å². The number of carboxylic acids is 1. The highest BCUT2D eigenvalue weighted by atomic mass is 16.4. The number of likely N-dealkylation sites (N-methyl/N-ethyl adjacent to an activating group) is 1. The summed E-state index contributed by atoms with van der Waals surface area (Å²) >= 11 is 0. The molecule has 1 heterocycles. The second-order valence-corrected chi connectivity index (χ2v) is 5.28. The number of hydrogen-bond acceptors (Lipinski definition) is 3. The van der Waals surface area contributed by atoms with Crippen LogP contribution in [0.25, 0.3) is 0 Å². The summed E-state index contributed by atoms with van der Waals surface area (Å²) in [6.45, 7) is 3.90. The van der Waals surface area contributed by atoms with Gasteiger partial charge in [0.05, 0.1) is 0 Å². The van der Waals surface area contributed by atoms with Crippen molar-refractivity contribution in [3.8, 4) is 0 Å². The van der Waals surface area contributed by atoms with Gasteiger partial charge in [0, 0.05) is 24.8 Å². The summed E-state index contributed by atoms with van der Waals surface area (Å²) in [7, 11) is 1.51. The lowest BCUT2D eigenvalue weighted by Gasteiger charge is -2.31. The number of anilines is 1. The Labute approximate surface area is 112 Å². The topological polar surface area (TPSA) is 69.6 Å². The quantitative estimate of drug-likeness (QED) is 0.868. The van der Waals surface area contributed by atoms with Crippen LogP contribution in [0.4, 0.5) is 5.69 Å². The van der Waals surface area contributed by atoms with Crippen LogP contribution < -0.4 is 5.32 Å². The van der Waals surface area contributed by atoms with Crippen molar-refractivity contribution in [3.05, 3.63) is 29.3 Å². The van der Waals surface area contributed by atoms with Gasteiger partial charge in [-0.05, 0) is 38.0 Å². The van der Waals surface area contributed by atoms with E-state index in [0.29, 0.717) is 5.56 Å². The first kappa shape index (κ1) is 13.4. The number of aliphatic carboxylic acids is 1. The molecule has 0 fully saturated rings. The number of amides is 1. The van der Waals surface area contributed by atoms with Crippen molar-refractivity contribution in [3.63, 3.8) is 0 Å². The number of rotatable bonds is 3. The standard InChI is InChI=1S/C14H18N2O3/c1-14(2,13(18)19)16(3)12(17)10-5-4-9-6-7-15-11(9)8-10/h4-5,8,15H,6-7H2,1-3H3,(H,18,19). The lowest BCUT2D eigenvalue weighted by Crippen LogP contribution is -2.50. The smallest absolute Gasteiger partial charge is 0.329 e. The van der Waals surface area contributed by atoms with Crippen molar-refractivity contribution in [2.45, 2.75) is 25.8 Å². The van der Waals surface area contributed by atoms with Gasteiger partial charge in [-0.25, -0.2) is 4.79 Å². The van der Waals surface area contributed by atoms with Crippen LogP contribution in [0.3, 0.4) is 0 Å². The minimum absolute atomic E-state index is 0.288. The van der Waals surface area contributed by atoms with Crippen LogP contribution in [0.1, 0.15) is 29.8 Å². The molecule has 0 aliphatic carbocycles. The maximum Gasteiger partial charge on any atom is 0.329 e. The molecule has 0 bridgehead atoms. The Morgan fingerprint density at radius 2 is 2.05 bits per heavy atom. The van der Waals surface area contributed by atoms with Crippen molar-refractivity contribution < 1.29 is 14.7 Å². The Morgan fingerprint density at radius 3 is 2.68 bits per heavy atom. The molecule has 0 atom stereocenters. The SMILES string of the molecule is CN(C(=O)c1ccc2c(c1)NCC2)C(C)(C)C(=O)O. The highest BCUT2D eigenvalue weighted by Crippen LogP contribution is 2.25. The van der Waals surface area contributed by atoms with Gasteiger partial charge in [0.15, 0.2) is 0 Å². The van der Waals surface area contributed by atoms with Gasteiger partial charge in [-0.3, -0.25) is 4.79 Å². The molecule has 5 heteroatoms. The molecular weight excluding hydrogens is 244 g/mol. The molecule has 1 aromatic carbocycles. The maximum absolute atomic E-state index is 12.3. The van der Waals surface area contributed by atoms with E-state index in [0.717, 1.165) is 18.7 Å². The third-order valence-corrected chi connectivity index (χ3v) is 3.73. The monoisotopic (exact) mass is 262 g/mol. The summed E-state index contributed by atoms with van der Waals surface area (Å²) in [6.07, 6.45) is 0.959. The summed E-state index contributed by atoms with van der Waals surface area (Å²) in [5, 5.41) is 12.4. The number of carbonyl (C=O) groups is 2. The zero-order valence-corrected chi connectivity index (χ0v) is 11.4. The van der Waals surface area contributed by atoms with Crippen molar-refractivity contribution in [1.29, 1.82) is 0 Å². The van der Waals surface area contributed by atoms with E-state index in [1.165, 1.54) is 31.4 Å². The van der Waals surface area contributed by atoms with E-state index in [4.69, 9.17) is 5.11 Å². The number of nitrogens with zero attached hydrogens (tertiary/aromatic N) is 1. The van der Waals surface area contributed by atoms with Crippen LogP contribution in [-0.2, 0) is 11.2 Å². The Hall–Kier alpha value is -2.04. The molecule has 2 rings (SSSR count). The molecule has 5 nitrogen and oxygen atoms in total. The molecular formula is C14H18N2O3. The van der Waals surface area contributed by atoms with E-state index in [1.54, 1.807) is 12.1 Å². The van der Waals surface area contributed by atoms with Gasteiger partial charge >= 0.3 is 5.97 Å². The third-order valence-electron chi connectivity index (χ3n) is 3.73. The van der Waals surface area contributed by atoms with Gasteiger partial charge in [0.25, 0.3) is 5.91 Å². The minimum Gasteiger partial charge on any atom is -0.480 e. The van der Waals surface area contributed by atoms with E-state index >= 15 is 0 Å². The molecule has 0 aromatic heterocycles. The Morgan fingerprint density at radius 1 is 1.37 bits per heavy atom. The first-order chi connectivity index (χ1) is 8.84. The van der Waals surface area contributed by atoms with Crippen molar-refractivity contribution in [2.75, 3.05) is 18.9 Å². The van der Waals surface area contributed by atoms with E-state index < -0.39 is 11.5 Å². The van der Waals surface area contributed by atoms with Gasteiger partial charge < -0.3 is 15.3 Å². The van der Waals surface area contributed by atoms with Gasteiger partial charge in [-0.1, -0.05) is 6.07 Å². The summed E-state index contributed by atoms with van der Waals surface area (Å²) in [5.41, 5.74) is 1.43. The predicted molar refractivity (Wildman–Crippen MR) is 72.4 cm³/mol. The fourth-order valence-corrected chi connectivity index (χ4v) is 2.01. The number of carboxylic acid groups (broad SMARTS) is 1. The number of carbonyl (C=O) groups excluding carboxylic acids is 1. The normalized spacial score (nSPS) is 13.6. The van der Waals surface area contributed by atoms with Crippen LogP contribution in [0, 0.1) is 0 Å².